The highest BCUT2D eigenvalue weighted by molar-refractivity contribution is 7.17. The highest BCUT2D eigenvalue weighted by atomic mass is 32.1. The van der Waals surface area contributed by atoms with E-state index in [1.54, 1.807) is 18.4 Å². The topological polar surface area (TPSA) is 64.6 Å². The van der Waals surface area contributed by atoms with Crippen LogP contribution in [0.15, 0.2) is 18.2 Å². The number of aryl methyl sites for hydroxylation is 1. The van der Waals surface area contributed by atoms with Crippen molar-refractivity contribution in [3.63, 3.8) is 0 Å². The lowest BCUT2D eigenvalue weighted by Gasteiger charge is -2.49. The smallest absolute Gasteiger partial charge is 0.341 e. The minimum atomic E-state index is -0.302. The van der Waals surface area contributed by atoms with Crippen LogP contribution in [0.4, 0.5) is 5.00 Å². The van der Waals surface area contributed by atoms with Crippen molar-refractivity contribution in [1.29, 1.82) is 0 Å². The van der Waals surface area contributed by atoms with Gasteiger partial charge in [0, 0.05) is 10.8 Å². The summed E-state index contributed by atoms with van der Waals surface area (Å²) < 4.78 is 11.0. The molecule has 34 heavy (non-hydrogen) atoms. The Morgan fingerprint density at radius 2 is 2.06 bits per heavy atom. The SMILES string of the molecule is CCOC(=O)c1c(NC(=O)C(C)C)sc2c1[C@@]1(C)CC[C@H]3c4ccc(OC)cc4CC[C@@H]3[C@@H]1C2. The Hall–Kier alpha value is -2.34. The second-order valence-corrected chi connectivity index (χ2v) is 11.7. The summed E-state index contributed by atoms with van der Waals surface area (Å²) in [6, 6.07) is 6.60. The molecule has 3 aliphatic carbocycles. The molecule has 0 bridgehead atoms. The molecule has 0 saturated heterocycles. The Morgan fingerprint density at radius 1 is 1.26 bits per heavy atom. The normalized spacial score (nSPS) is 26.8. The number of carbonyl (C=O) groups excluding carboxylic acids is 2. The molecule has 5 rings (SSSR count). The van der Waals surface area contributed by atoms with Crippen molar-refractivity contribution in [3.05, 3.63) is 45.3 Å². The minimum Gasteiger partial charge on any atom is -0.497 e. The zero-order chi connectivity index (χ0) is 24.2. The van der Waals surface area contributed by atoms with Crippen LogP contribution in [0, 0.1) is 17.8 Å². The molecular formula is C28H35NO4S. The van der Waals surface area contributed by atoms with Crippen molar-refractivity contribution >= 4 is 28.2 Å². The van der Waals surface area contributed by atoms with E-state index in [-0.39, 0.29) is 23.2 Å². The van der Waals surface area contributed by atoms with Gasteiger partial charge in [0.05, 0.1) is 19.3 Å². The number of nitrogens with one attached hydrogen (secondary N) is 1. The molecule has 1 aromatic heterocycles. The Balaban J connectivity index is 1.52. The largest absolute Gasteiger partial charge is 0.497 e. The number of methoxy groups -OCH3 is 1. The minimum absolute atomic E-state index is 0.0600. The number of amides is 1. The van der Waals surface area contributed by atoms with E-state index in [0.717, 1.165) is 37.0 Å². The number of hydrogen-bond donors (Lipinski definition) is 1. The van der Waals surface area contributed by atoms with Crippen LogP contribution in [-0.4, -0.2) is 25.6 Å². The van der Waals surface area contributed by atoms with Gasteiger partial charge in [0.1, 0.15) is 10.8 Å². The van der Waals surface area contributed by atoms with Crippen molar-refractivity contribution in [2.24, 2.45) is 17.8 Å². The average molecular weight is 482 g/mol. The first-order valence-corrected chi connectivity index (χ1v) is 13.4. The molecule has 1 saturated carbocycles. The molecule has 0 radical (unpaired) electrons. The maximum absolute atomic E-state index is 13.2. The van der Waals surface area contributed by atoms with Gasteiger partial charge in [0.15, 0.2) is 0 Å². The fraction of sp³-hybridized carbons (Fsp3) is 0.571. The first kappa shape index (κ1) is 23.4. The number of fused-ring (bicyclic) bond motifs is 7. The summed E-state index contributed by atoms with van der Waals surface area (Å²) >= 11 is 1.59. The van der Waals surface area contributed by atoms with Crippen molar-refractivity contribution in [2.75, 3.05) is 19.0 Å². The highest BCUT2D eigenvalue weighted by Crippen LogP contribution is 2.63. The predicted molar refractivity (Wildman–Crippen MR) is 135 cm³/mol. The molecule has 1 N–H and O–H groups in total. The van der Waals surface area contributed by atoms with Crippen molar-refractivity contribution in [2.45, 2.75) is 71.1 Å². The molecule has 4 atom stereocenters. The van der Waals surface area contributed by atoms with Crippen molar-refractivity contribution in [1.82, 2.24) is 0 Å². The Bertz CT molecular complexity index is 1140. The van der Waals surface area contributed by atoms with Crippen LogP contribution >= 0.6 is 11.3 Å². The molecule has 5 nitrogen and oxygen atoms in total. The van der Waals surface area contributed by atoms with Crippen LogP contribution in [0.25, 0.3) is 0 Å². The van der Waals surface area contributed by atoms with E-state index in [1.807, 2.05) is 20.8 Å². The fourth-order valence-corrected chi connectivity index (χ4v) is 8.25. The van der Waals surface area contributed by atoms with Crippen LogP contribution in [0.1, 0.15) is 84.8 Å². The van der Waals surface area contributed by atoms with Gasteiger partial charge in [0.2, 0.25) is 5.91 Å². The summed E-state index contributed by atoms with van der Waals surface area (Å²) in [6.45, 7) is 8.26. The third-order valence-corrected chi connectivity index (χ3v) is 9.65. The maximum atomic E-state index is 13.2. The molecule has 6 heteroatoms. The summed E-state index contributed by atoms with van der Waals surface area (Å²) in [5, 5.41) is 3.71. The molecule has 1 aromatic carbocycles. The summed E-state index contributed by atoms with van der Waals surface area (Å²) in [6.07, 6.45) is 5.38. The van der Waals surface area contributed by atoms with E-state index in [2.05, 4.69) is 30.4 Å². The van der Waals surface area contributed by atoms with Crippen LogP contribution in [0.5, 0.6) is 5.75 Å². The number of rotatable bonds is 5. The molecular weight excluding hydrogens is 446 g/mol. The Morgan fingerprint density at radius 3 is 2.76 bits per heavy atom. The first-order valence-electron chi connectivity index (χ1n) is 12.6. The van der Waals surface area contributed by atoms with Gasteiger partial charge < -0.3 is 14.8 Å². The quantitative estimate of drug-likeness (QED) is 0.524. The second kappa shape index (κ2) is 8.71. The zero-order valence-electron chi connectivity index (χ0n) is 20.8. The number of carbonyl (C=O) groups is 2. The second-order valence-electron chi connectivity index (χ2n) is 10.6. The number of thiophene rings is 1. The predicted octanol–water partition coefficient (Wildman–Crippen LogP) is 6.10. The van der Waals surface area contributed by atoms with E-state index in [4.69, 9.17) is 9.47 Å². The third kappa shape index (κ3) is 3.57. The van der Waals surface area contributed by atoms with Gasteiger partial charge in [-0.1, -0.05) is 26.8 Å². The molecule has 1 heterocycles. The monoisotopic (exact) mass is 481 g/mol. The highest BCUT2D eigenvalue weighted by Gasteiger charge is 2.55. The van der Waals surface area contributed by atoms with Crippen LogP contribution in [-0.2, 0) is 27.8 Å². The summed E-state index contributed by atoms with van der Waals surface area (Å²) in [5.41, 5.74) is 4.62. The first-order chi connectivity index (χ1) is 16.3. The zero-order valence-corrected chi connectivity index (χ0v) is 21.6. The van der Waals surface area contributed by atoms with E-state index in [1.165, 1.54) is 22.4 Å². The van der Waals surface area contributed by atoms with E-state index >= 15 is 0 Å². The van der Waals surface area contributed by atoms with Crippen molar-refractivity contribution in [3.8, 4) is 5.75 Å². The molecule has 182 valence electrons. The van der Waals surface area contributed by atoms with Crippen LogP contribution in [0.2, 0.25) is 0 Å². The van der Waals surface area contributed by atoms with E-state index in [0.29, 0.717) is 34.9 Å². The summed E-state index contributed by atoms with van der Waals surface area (Å²) in [4.78, 5) is 27.0. The summed E-state index contributed by atoms with van der Waals surface area (Å²) in [7, 11) is 1.73. The molecule has 2 aromatic rings. The average Bonchev–Trinajstić information content (AvgIpc) is 3.32. The third-order valence-electron chi connectivity index (χ3n) is 8.52. The van der Waals surface area contributed by atoms with Crippen LogP contribution in [0.3, 0.4) is 0 Å². The van der Waals surface area contributed by atoms with Gasteiger partial charge in [-0.25, -0.2) is 4.79 Å². The standard InChI is InChI=1S/C28H35NO4S/c1-6-33-27(31)23-24-22(34-26(23)29-25(30)15(2)3)14-21-20-9-7-16-13-17(32-5)8-10-18(16)19(20)11-12-28(21,24)4/h8,10,13,15,19-21H,6-7,9,11-12,14H2,1-5H3,(H,29,30)/t19-,20-,21-,28-/m0/s1. The summed E-state index contributed by atoms with van der Waals surface area (Å²) in [5.74, 6) is 2.10. The molecule has 0 spiro atoms. The van der Waals surface area contributed by atoms with Gasteiger partial charge in [-0.3, -0.25) is 4.79 Å². The van der Waals surface area contributed by atoms with E-state index in [9.17, 15) is 9.59 Å². The van der Waals surface area contributed by atoms with Gasteiger partial charge in [0.25, 0.3) is 0 Å². The Kier molecular flexibility index (Phi) is 5.99. The lowest BCUT2D eigenvalue weighted by molar-refractivity contribution is -0.118. The number of esters is 1. The number of ether oxygens (including phenoxy) is 2. The molecule has 1 fully saturated rings. The fourth-order valence-electron chi connectivity index (χ4n) is 6.86. The lowest BCUT2D eigenvalue weighted by atomic mass is 9.54. The number of benzene rings is 1. The van der Waals surface area contributed by atoms with Gasteiger partial charge in [-0.05, 0) is 91.0 Å². The molecule has 0 aliphatic heterocycles. The van der Waals surface area contributed by atoms with E-state index < -0.39 is 0 Å². The molecule has 0 unspecified atom stereocenters. The molecule has 1 amide bonds. The van der Waals surface area contributed by atoms with Crippen LogP contribution < -0.4 is 10.1 Å². The number of hydrogen-bond acceptors (Lipinski definition) is 5. The van der Waals surface area contributed by atoms with Gasteiger partial charge >= 0.3 is 5.97 Å². The lowest BCUT2D eigenvalue weighted by Crippen LogP contribution is -2.43. The van der Waals surface area contributed by atoms with Crippen molar-refractivity contribution < 1.29 is 19.1 Å². The Labute approximate surface area is 206 Å². The molecule has 3 aliphatic rings. The number of anilines is 1. The van der Waals surface area contributed by atoms with Gasteiger partial charge in [-0.2, -0.15) is 0 Å². The van der Waals surface area contributed by atoms with Gasteiger partial charge in [-0.15, -0.1) is 11.3 Å². The maximum Gasteiger partial charge on any atom is 0.341 e.